The number of pyridine rings is 1. The van der Waals surface area contributed by atoms with E-state index >= 15 is 0 Å². The summed E-state index contributed by atoms with van der Waals surface area (Å²) in [5, 5.41) is 20.7. The van der Waals surface area contributed by atoms with Gasteiger partial charge in [0.15, 0.2) is 11.5 Å². The van der Waals surface area contributed by atoms with Crippen LogP contribution >= 0.6 is 11.8 Å². The van der Waals surface area contributed by atoms with Gasteiger partial charge in [0, 0.05) is 11.8 Å². The van der Waals surface area contributed by atoms with E-state index in [9.17, 15) is 10.1 Å². The molecule has 2 rings (SSSR count). The Kier molecular flexibility index (Phi) is 6.47. The summed E-state index contributed by atoms with van der Waals surface area (Å²) in [5.74, 6) is 0.769. The van der Waals surface area contributed by atoms with Crippen LogP contribution in [0.2, 0.25) is 0 Å². The molecule has 0 bridgehead atoms. The van der Waals surface area contributed by atoms with Gasteiger partial charge in [0.1, 0.15) is 23.0 Å². The third-order valence-corrected chi connectivity index (χ3v) is 4.67. The van der Waals surface area contributed by atoms with Gasteiger partial charge in [0.25, 0.3) is 0 Å². The van der Waals surface area contributed by atoms with Gasteiger partial charge < -0.3 is 20.5 Å². The number of carbonyl (C=O) groups is 1. The van der Waals surface area contributed by atoms with Gasteiger partial charge in [-0.2, -0.15) is 10.5 Å². The van der Waals surface area contributed by atoms with Gasteiger partial charge in [-0.3, -0.25) is 4.79 Å². The van der Waals surface area contributed by atoms with E-state index < -0.39 is 5.25 Å². The monoisotopic (exact) mass is 383 g/mol. The number of thioether (sulfide) groups is 1. The first-order valence-electron chi connectivity index (χ1n) is 7.73. The Hall–Kier alpha value is -3.43. The van der Waals surface area contributed by atoms with E-state index in [4.69, 9.17) is 20.5 Å². The normalized spacial score (nSPS) is 11.0. The largest absolute Gasteiger partial charge is 0.493 e. The van der Waals surface area contributed by atoms with E-state index in [2.05, 4.69) is 10.3 Å². The van der Waals surface area contributed by atoms with Crippen molar-refractivity contribution in [1.29, 1.82) is 10.5 Å². The van der Waals surface area contributed by atoms with E-state index in [1.807, 2.05) is 12.1 Å². The molecule has 1 amide bonds. The Balaban J connectivity index is 2.16. The smallest absolute Gasteiger partial charge is 0.237 e. The van der Waals surface area contributed by atoms with Crippen LogP contribution in [-0.2, 0) is 4.79 Å². The third-order valence-electron chi connectivity index (χ3n) is 3.57. The van der Waals surface area contributed by atoms with E-state index in [0.29, 0.717) is 22.2 Å². The van der Waals surface area contributed by atoms with Crippen LogP contribution in [0.15, 0.2) is 29.3 Å². The number of nitrogen functional groups attached to an aromatic ring is 1. The lowest BCUT2D eigenvalue weighted by atomic mass is 10.2. The molecule has 0 radical (unpaired) electrons. The molecule has 0 unspecified atom stereocenters. The molecule has 2 aromatic rings. The summed E-state index contributed by atoms with van der Waals surface area (Å²) in [6.07, 6.45) is 0. The zero-order valence-corrected chi connectivity index (χ0v) is 15.8. The van der Waals surface area contributed by atoms with Crippen LogP contribution in [0.3, 0.4) is 0 Å². The average Bonchev–Trinajstić information content (AvgIpc) is 2.67. The second-order valence-electron chi connectivity index (χ2n) is 5.32. The number of hydrogen-bond donors (Lipinski definition) is 2. The number of nitrogens with two attached hydrogens (primary N) is 1. The average molecular weight is 383 g/mol. The first kappa shape index (κ1) is 19.9. The molecule has 1 aromatic carbocycles. The van der Waals surface area contributed by atoms with Crippen molar-refractivity contribution >= 4 is 29.2 Å². The molecule has 0 saturated carbocycles. The summed E-state index contributed by atoms with van der Waals surface area (Å²) in [5.41, 5.74) is 6.56. The van der Waals surface area contributed by atoms with Gasteiger partial charge >= 0.3 is 0 Å². The van der Waals surface area contributed by atoms with E-state index in [0.717, 1.165) is 11.8 Å². The van der Waals surface area contributed by atoms with Crippen molar-refractivity contribution in [2.24, 2.45) is 0 Å². The highest BCUT2D eigenvalue weighted by Gasteiger charge is 2.19. The van der Waals surface area contributed by atoms with Gasteiger partial charge in [-0.15, -0.1) is 0 Å². The molecule has 3 N–H and O–H groups in total. The van der Waals surface area contributed by atoms with Crippen LogP contribution in [0.25, 0.3) is 0 Å². The molecular formula is C18H17N5O3S. The van der Waals surface area contributed by atoms with Crippen molar-refractivity contribution in [3.8, 4) is 23.6 Å². The zero-order valence-electron chi connectivity index (χ0n) is 14.9. The highest BCUT2D eigenvalue weighted by atomic mass is 32.2. The predicted molar refractivity (Wildman–Crippen MR) is 102 cm³/mol. The van der Waals surface area contributed by atoms with Crippen LogP contribution in [-0.4, -0.2) is 30.4 Å². The standard InChI is InChI=1S/C18H17N5O3S/c1-10(27-18-12(9-20)6-11(8-19)16(21)23-18)17(24)22-13-4-5-14(25-2)15(7-13)26-3/h4-7,10H,1-3H3,(H2,21,23)(H,22,24)/t10-/m0/s1. The molecule has 9 heteroatoms. The minimum absolute atomic E-state index is 0.0199. The Labute approximate surface area is 160 Å². The lowest BCUT2D eigenvalue weighted by Gasteiger charge is -2.14. The lowest BCUT2D eigenvalue weighted by Crippen LogP contribution is -2.22. The van der Waals surface area contributed by atoms with Gasteiger partial charge in [0.05, 0.1) is 30.6 Å². The topological polar surface area (TPSA) is 134 Å². The number of methoxy groups -OCH3 is 2. The maximum absolute atomic E-state index is 12.5. The Morgan fingerprint density at radius 2 is 1.85 bits per heavy atom. The van der Waals surface area contributed by atoms with Gasteiger partial charge in [-0.05, 0) is 25.1 Å². The summed E-state index contributed by atoms with van der Waals surface area (Å²) in [7, 11) is 3.03. The molecule has 0 saturated heterocycles. The molecule has 8 nitrogen and oxygen atoms in total. The molecule has 1 heterocycles. The van der Waals surface area contributed by atoms with Crippen molar-refractivity contribution in [2.45, 2.75) is 17.2 Å². The summed E-state index contributed by atoms with van der Waals surface area (Å²) < 4.78 is 10.4. The SMILES string of the molecule is COc1ccc(NC(=O)[C@H](C)Sc2nc(N)c(C#N)cc2C#N)cc1OC. The number of nitriles is 2. The van der Waals surface area contributed by atoms with Gasteiger partial charge in [0.2, 0.25) is 5.91 Å². The molecule has 0 aliphatic heterocycles. The Bertz CT molecular complexity index is 949. The number of nitrogens with zero attached hydrogens (tertiary/aromatic N) is 3. The van der Waals surface area contributed by atoms with Crippen LogP contribution in [0, 0.1) is 22.7 Å². The number of aromatic nitrogens is 1. The van der Waals surface area contributed by atoms with E-state index in [1.54, 1.807) is 25.1 Å². The fraction of sp³-hybridized carbons (Fsp3) is 0.222. The molecule has 0 aliphatic rings. The number of nitrogens with one attached hydrogen (secondary N) is 1. The van der Waals surface area contributed by atoms with Crippen molar-refractivity contribution in [3.05, 3.63) is 35.4 Å². The number of hydrogen-bond acceptors (Lipinski definition) is 8. The highest BCUT2D eigenvalue weighted by molar-refractivity contribution is 8.00. The van der Waals surface area contributed by atoms with Crippen molar-refractivity contribution in [3.63, 3.8) is 0 Å². The highest BCUT2D eigenvalue weighted by Crippen LogP contribution is 2.31. The van der Waals surface area contributed by atoms with Crippen LogP contribution < -0.4 is 20.5 Å². The van der Waals surface area contributed by atoms with E-state index in [1.165, 1.54) is 20.3 Å². The number of anilines is 2. The van der Waals surface area contributed by atoms with Crippen LogP contribution in [0.1, 0.15) is 18.1 Å². The molecule has 0 aliphatic carbocycles. The number of amides is 1. The van der Waals surface area contributed by atoms with Gasteiger partial charge in [-0.1, -0.05) is 11.8 Å². The Morgan fingerprint density at radius 3 is 2.44 bits per heavy atom. The lowest BCUT2D eigenvalue weighted by molar-refractivity contribution is -0.115. The first-order valence-corrected chi connectivity index (χ1v) is 8.61. The molecule has 1 aromatic heterocycles. The number of ether oxygens (including phenoxy) is 2. The van der Waals surface area contributed by atoms with Crippen molar-refractivity contribution < 1.29 is 14.3 Å². The number of carbonyl (C=O) groups excluding carboxylic acids is 1. The second-order valence-corrected chi connectivity index (χ2v) is 6.65. The fourth-order valence-corrected chi connectivity index (χ4v) is 3.03. The molecule has 138 valence electrons. The molecule has 1 atom stereocenters. The molecular weight excluding hydrogens is 366 g/mol. The van der Waals surface area contributed by atoms with Crippen LogP contribution in [0.4, 0.5) is 11.5 Å². The molecule has 0 fully saturated rings. The number of rotatable bonds is 6. The van der Waals surface area contributed by atoms with Crippen LogP contribution in [0.5, 0.6) is 11.5 Å². The van der Waals surface area contributed by atoms with Crippen molar-refractivity contribution in [2.75, 3.05) is 25.3 Å². The Morgan fingerprint density at radius 1 is 1.19 bits per heavy atom. The maximum atomic E-state index is 12.5. The zero-order chi connectivity index (χ0) is 20.0. The summed E-state index contributed by atoms with van der Waals surface area (Å²) in [6, 6.07) is 10.2. The third kappa shape index (κ3) is 4.60. The number of benzene rings is 1. The minimum atomic E-state index is -0.565. The maximum Gasteiger partial charge on any atom is 0.237 e. The molecule has 0 spiro atoms. The fourth-order valence-electron chi connectivity index (χ4n) is 2.15. The first-order chi connectivity index (χ1) is 12.9. The summed E-state index contributed by atoms with van der Waals surface area (Å²) in [6.45, 7) is 1.68. The summed E-state index contributed by atoms with van der Waals surface area (Å²) in [4.78, 5) is 16.6. The van der Waals surface area contributed by atoms with E-state index in [-0.39, 0.29) is 22.9 Å². The second kappa shape index (κ2) is 8.79. The van der Waals surface area contributed by atoms with Gasteiger partial charge in [-0.25, -0.2) is 4.98 Å². The molecule has 27 heavy (non-hydrogen) atoms. The predicted octanol–water partition coefficient (Wildman–Crippen LogP) is 2.54. The minimum Gasteiger partial charge on any atom is -0.493 e. The van der Waals surface area contributed by atoms with Crippen molar-refractivity contribution in [1.82, 2.24) is 4.98 Å². The quantitative estimate of drug-likeness (QED) is 0.727. The summed E-state index contributed by atoms with van der Waals surface area (Å²) >= 11 is 1.08.